The molecule has 0 saturated heterocycles. The summed E-state index contributed by atoms with van der Waals surface area (Å²) in [6.45, 7) is 2.25. The van der Waals surface area contributed by atoms with E-state index in [0.717, 1.165) is 12.8 Å². The number of rotatable bonds is 11. The molecule has 18 heavy (non-hydrogen) atoms. The van der Waals surface area contributed by atoms with Crippen molar-refractivity contribution in [2.24, 2.45) is 0 Å². The Balaban J connectivity index is 3.04. The van der Waals surface area contributed by atoms with Crippen LogP contribution in [-0.2, 0) is 11.1 Å². The summed E-state index contributed by atoms with van der Waals surface area (Å²) < 4.78 is 18.7. The molecule has 0 radical (unpaired) electrons. The molecule has 0 aromatic rings. The molecule has 1 N–H and O–H groups in total. The molecule has 0 aliphatic rings. The Morgan fingerprint density at radius 2 is 1.28 bits per heavy atom. The molecule has 2 nitrogen and oxygen atoms in total. The van der Waals surface area contributed by atoms with Gasteiger partial charge in [0, 0.05) is 11.7 Å². The second-order valence-corrected chi connectivity index (χ2v) is 5.52. The molecule has 0 rings (SSSR count). The number of hydrogen-bond acceptors (Lipinski definition) is 1. The molecule has 0 aliphatic heterocycles. The van der Waals surface area contributed by atoms with Crippen LogP contribution < -0.4 is 0 Å². The van der Waals surface area contributed by atoms with Gasteiger partial charge in [-0.1, -0.05) is 77.1 Å². The minimum atomic E-state index is -1.94. The quantitative estimate of drug-likeness (QED) is 0.331. The van der Waals surface area contributed by atoms with Crippen LogP contribution in [0.25, 0.3) is 0 Å². The van der Waals surface area contributed by atoms with Gasteiger partial charge in [0.25, 0.3) is 0 Å². The second-order valence-electron chi connectivity index (χ2n) is 4.81. The van der Waals surface area contributed by atoms with Crippen molar-refractivity contribution < 1.29 is 8.76 Å². The van der Waals surface area contributed by atoms with Crippen molar-refractivity contribution in [1.29, 1.82) is 0 Å². The van der Waals surface area contributed by atoms with E-state index in [1.54, 1.807) is 0 Å². The van der Waals surface area contributed by atoms with Crippen molar-refractivity contribution >= 4 is 11.1 Å². The summed E-state index contributed by atoms with van der Waals surface area (Å²) in [6, 6.07) is 0. The molecule has 0 fully saturated rings. The largest absolute Gasteiger partial charge is 0.296 e. The fraction of sp³-hybridized carbons (Fsp3) is 0.867. The Morgan fingerprint density at radius 1 is 0.833 bits per heavy atom. The molecule has 0 amide bonds. The molecular weight excluding hydrogens is 244 g/mol. The van der Waals surface area contributed by atoms with E-state index in [2.05, 4.69) is 18.1 Å². The third kappa shape index (κ3) is 15.7. The first-order chi connectivity index (χ1) is 8.77. The predicted octanol–water partition coefficient (Wildman–Crippen LogP) is 4.87. The molecular formula is C15H28O2S. The summed E-state index contributed by atoms with van der Waals surface area (Å²) in [7, 11) is 0. The standard InChI is InChI=1S/C15H28O2S/c1-2-3-4-5-6-7-8-9-10-11-12-13-14-15-18(16)17/h2-13H2,1H3,(H,16,17). The normalized spacial score (nSPS) is 11.9. The molecule has 1 atom stereocenters. The summed E-state index contributed by atoms with van der Waals surface area (Å²) in [5, 5.41) is 2.26. The SMILES string of the molecule is CCCCCCCCCCCCCC#CS(=O)O. The van der Waals surface area contributed by atoms with Gasteiger partial charge in [-0.2, -0.15) is 0 Å². The maximum atomic E-state index is 10.2. The van der Waals surface area contributed by atoms with Crippen LogP contribution >= 0.6 is 0 Å². The Kier molecular flexibility index (Phi) is 14.5. The number of hydrogen-bond donors (Lipinski definition) is 1. The van der Waals surface area contributed by atoms with Gasteiger partial charge in [0.15, 0.2) is 0 Å². The van der Waals surface area contributed by atoms with Crippen molar-refractivity contribution in [3.63, 3.8) is 0 Å². The first kappa shape index (κ1) is 17.7. The van der Waals surface area contributed by atoms with Gasteiger partial charge in [-0.25, -0.2) is 4.21 Å². The molecule has 0 aromatic carbocycles. The molecule has 0 heterocycles. The van der Waals surface area contributed by atoms with Gasteiger partial charge in [-0.05, 0) is 6.42 Å². The molecule has 0 bridgehead atoms. The van der Waals surface area contributed by atoms with E-state index in [4.69, 9.17) is 4.55 Å². The topological polar surface area (TPSA) is 37.3 Å². The summed E-state index contributed by atoms with van der Waals surface area (Å²) in [6.07, 6.45) is 15.3. The van der Waals surface area contributed by atoms with E-state index in [1.807, 2.05) is 0 Å². The van der Waals surface area contributed by atoms with Crippen molar-refractivity contribution in [2.45, 2.75) is 84.0 Å². The van der Waals surface area contributed by atoms with Crippen LogP contribution in [0.4, 0.5) is 0 Å². The van der Waals surface area contributed by atoms with E-state index in [9.17, 15) is 4.21 Å². The molecule has 1 unspecified atom stereocenters. The Hall–Kier alpha value is -0.330. The van der Waals surface area contributed by atoms with E-state index in [1.165, 1.54) is 64.2 Å². The zero-order chi connectivity index (χ0) is 13.5. The predicted molar refractivity (Wildman–Crippen MR) is 79.6 cm³/mol. The molecule has 3 heteroatoms. The molecule has 0 saturated carbocycles. The Bertz CT molecular complexity index is 253. The van der Waals surface area contributed by atoms with Gasteiger partial charge in [0.05, 0.1) is 0 Å². The van der Waals surface area contributed by atoms with Gasteiger partial charge in [0.1, 0.15) is 0 Å². The first-order valence-electron chi connectivity index (χ1n) is 7.36. The Labute approximate surface area is 115 Å². The van der Waals surface area contributed by atoms with E-state index in [0.29, 0.717) is 0 Å². The fourth-order valence-electron chi connectivity index (χ4n) is 1.99. The first-order valence-corrected chi connectivity index (χ1v) is 8.47. The van der Waals surface area contributed by atoms with E-state index < -0.39 is 11.1 Å². The summed E-state index contributed by atoms with van der Waals surface area (Å²) in [4.78, 5) is 0. The van der Waals surface area contributed by atoms with Crippen molar-refractivity contribution in [3.05, 3.63) is 0 Å². The summed E-state index contributed by atoms with van der Waals surface area (Å²) in [5.74, 6) is 2.72. The van der Waals surface area contributed by atoms with Crippen molar-refractivity contribution in [3.8, 4) is 11.2 Å². The highest BCUT2D eigenvalue weighted by molar-refractivity contribution is 7.84. The molecule has 0 aromatic heterocycles. The van der Waals surface area contributed by atoms with Gasteiger partial charge >= 0.3 is 0 Å². The van der Waals surface area contributed by atoms with Gasteiger partial charge in [-0.3, -0.25) is 4.55 Å². The van der Waals surface area contributed by atoms with Gasteiger partial charge < -0.3 is 0 Å². The molecule has 106 valence electrons. The highest BCUT2D eigenvalue weighted by Crippen LogP contribution is 2.11. The van der Waals surface area contributed by atoms with Crippen LogP contribution in [0.5, 0.6) is 0 Å². The maximum Gasteiger partial charge on any atom is 0.233 e. The van der Waals surface area contributed by atoms with E-state index >= 15 is 0 Å². The maximum absolute atomic E-state index is 10.2. The van der Waals surface area contributed by atoms with Crippen LogP contribution in [0.15, 0.2) is 0 Å². The smallest absolute Gasteiger partial charge is 0.233 e. The van der Waals surface area contributed by atoms with Gasteiger partial charge in [0.2, 0.25) is 11.1 Å². The third-order valence-corrected chi connectivity index (χ3v) is 3.38. The third-order valence-electron chi connectivity index (χ3n) is 3.06. The van der Waals surface area contributed by atoms with E-state index in [-0.39, 0.29) is 0 Å². The zero-order valence-electron chi connectivity index (χ0n) is 11.7. The van der Waals surface area contributed by atoms with Crippen molar-refractivity contribution in [2.75, 3.05) is 0 Å². The zero-order valence-corrected chi connectivity index (χ0v) is 12.6. The minimum Gasteiger partial charge on any atom is -0.296 e. The summed E-state index contributed by atoms with van der Waals surface area (Å²) >= 11 is -1.94. The average Bonchev–Trinajstić information content (AvgIpc) is 2.34. The number of unbranched alkanes of at least 4 members (excludes halogenated alkanes) is 11. The lowest BCUT2D eigenvalue weighted by atomic mass is 10.1. The van der Waals surface area contributed by atoms with Crippen LogP contribution in [0.3, 0.4) is 0 Å². The minimum absolute atomic E-state index is 0.753. The molecule has 0 aliphatic carbocycles. The summed E-state index contributed by atoms with van der Waals surface area (Å²) in [5.41, 5.74) is 0. The van der Waals surface area contributed by atoms with Crippen LogP contribution in [0.1, 0.15) is 84.0 Å². The van der Waals surface area contributed by atoms with Crippen molar-refractivity contribution in [1.82, 2.24) is 0 Å². The fourth-order valence-corrected chi connectivity index (χ4v) is 2.22. The highest BCUT2D eigenvalue weighted by Gasteiger charge is 1.92. The second kappa shape index (κ2) is 14.7. The lowest BCUT2D eigenvalue weighted by Crippen LogP contribution is -1.82. The van der Waals surface area contributed by atoms with Gasteiger partial charge in [-0.15, -0.1) is 0 Å². The lowest BCUT2D eigenvalue weighted by Gasteiger charge is -2.01. The van der Waals surface area contributed by atoms with Crippen LogP contribution in [0.2, 0.25) is 0 Å². The lowest BCUT2D eigenvalue weighted by molar-refractivity contribution is 0.551. The Morgan fingerprint density at radius 3 is 1.72 bits per heavy atom. The van der Waals surface area contributed by atoms with Crippen LogP contribution in [-0.4, -0.2) is 8.76 Å². The monoisotopic (exact) mass is 272 g/mol. The average molecular weight is 272 g/mol. The van der Waals surface area contributed by atoms with Crippen LogP contribution in [0, 0.1) is 11.2 Å². The molecule has 0 spiro atoms. The highest BCUT2D eigenvalue weighted by atomic mass is 32.2.